The van der Waals surface area contributed by atoms with E-state index in [0.29, 0.717) is 21.6 Å². The third-order valence-electron chi connectivity index (χ3n) is 2.96. The van der Waals surface area contributed by atoms with Crippen LogP contribution in [0, 0.1) is 4.64 Å². The van der Waals surface area contributed by atoms with Gasteiger partial charge in [-0.1, -0.05) is 43.4 Å². The minimum absolute atomic E-state index is 0.162. The Morgan fingerprint density at radius 2 is 2.30 bits per heavy atom. The minimum Gasteiger partial charge on any atom is -0.458 e. The molecule has 0 saturated carbocycles. The standard InChI is InChI=1S/C15H14ClNO2S/c1-3-7-19-15(18)13-10(4-2)14(20)17-12-6-5-9(16)8-11(12)13/h3,5-6,8H,1,4,7H2,2H3,(H,17,20). The zero-order valence-corrected chi connectivity index (χ0v) is 12.6. The predicted molar refractivity (Wildman–Crippen MR) is 84.0 cm³/mol. The smallest absolute Gasteiger partial charge is 0.339 e. The van der Waals surface area contributed by atoms with E-state index in [1.54, 1.807) is 18.2 Å². The summed E-state index contributed by atoms with van der Waals surface area (Å²) in [5.74, 6) is -0.408. The number of pyridine rings is 1. The molecule has 2 rings (SSSR count). The first kappa shape index (κ1) is 14.8. The molecule has 1 heterocycles. The Morgan fingerprint density at radius 1 is 1.55 bits per heavy atom. The van der Waals surface area contributed by atoms with Crippen LogP contribution < -0.4 is 0 Å². The predicted octanol–water partition coefficient (Wildman–Crippen LogP) is 4.46. The average Bonchev–Trinajstić information content (AvgIpc) is 2.43. The maximum Gasteiger partial charge on any atom is 0.339 e. The maximum absolute atomic E-state index is 12.3. The second-order valence-corrected chi connectivity index (χ2v) is 5.08. The molecule has 1 aromatic carbocycles. The van der Waals surface area contributed by atoms with Crippen LogP contribution in [0.25, 0.3) is 10.9 Å². The van der Waals surface area contributed by atoms with Gasteiger partial charge in [-0.15, -0.1) is 0 Å². The molecule has 0 fully saturated rings. The van der Waals surface area contributed by atoms with Crippen LogP contribution in [0.1, 0.15) is 22.8 Å². The first-order valence-electron chi connectivity index (χ1n) is 6.21. The summed E-state index contributed by atoms with van der Waals surface area (Å²) in [6, 6.07) is 5.29. The number of fused-ring (bicyclic) bond motifs is 1. The molecule has 104 valence electrons. The van der Waals surface area contributed by atoms with Crippen molar-refractivity contribution in [2.45, 2.75) is 13.3 Å². The number of ether oxygens (including phenoxy) is 1. The van der Waals surface area contributed by atoms with Crippen LogP contribution in [0.4, 0.5) is 0 Å². The second kappa shape index (κ2) is 6.20. The van der Waals surface area contributed by atoms with E-state index in [2.05, 4.69) is 11.6 Å². The van der Waals surface area contributed by atoms with E-state index >= 15 is 0 Å². The topological polar surface area (TPSA) is 42.1 Å². The quantitative estimate of drug-likeness (QED) is 0.515. The van der Waals surface area contributed by atoms with Gasteiger partial charge in [0.1, 0.15) is 11.2 Å². The number of benzene rings is 1. The van der Waals surface area contributed by atoms with E-state index < -0.39 is 5.97 Å². The van der Waals surface area contributed by atoms with Gasteiger partial charge in [0.15, 0.2) is 0 Å². The van der Waals surface area contributed by atoms with Crippen LogP contribution in [-0.2, 0) is 11.2 Å². The SMILES string of the molecule is C=CCOC(=O)c1c(CC)c(=S)[nH]c2ccc(Cl)cc12. The lowest BCUT2D eigenvalue weighted by atomic mass is 10.0. The second-order valence-electron chi connectivity index (χ2n) is 4.24. The fraction of sp³-hybridized carbons (Fsp3) is 0.200. The van der Waals surface area contributed by atoms with E-state index in [-0.39, 0.29) is 6.61 Å². The molecule has 0 aliphatic carbocycles. The Labute approximate surface area is 127 Å². The summed E-state index contributed by atoms with van der Waals surface area (Å²) in [6.07, 6.45) is 2.17. The molecule has 0 spiro atoms. The van der Waals surface area contributed by atoms with Crippen LogP contribution in [0.2, 0.25) is 5.02 Å². The van der Waals surface area contributed by atoms with Crippen molar-refractivity contribution in [3.05, 3.63) is 51.6 Å². The number of esters is 1. The van der Waals surface area contributed by atoms with Crippen molar-refractivity contribution in [3.63, 3.8) is 0 Å². The molecule has 0 radical (unpaired) electrons. The molecule has 0 bridgehead atoms. The molecule has 5 heteroatoms. The highest BCUT2D eigenvalue weighted by molar-refractivity contribution is 7.71. The number of halogens is 1. The number of H-pyrrole nitrogens is 1. The van der Waals surface area contributed by atoms with Crippen LogP contribution in [-0.4, -0.2) is 17.6 Å². The highest BCUT2D eigenvalue weighted by Crippen LogP contribution is 2.26. The molecular formula is C15H14ClNO2S. The number of hydrogen-bond donors (Lipinski definition) is 1. The fourth-order valence-corrected chi connectivity index (χ4v) is 2.61. The number of nitrogens with one attached hydrogen (secondary N) is 1. The number of rotatable bonds is 4. The molecule has 0 unspecified atom stereocenters. The van der Waals surface area contributed by atoms with E-state index in [1.165, 1.54) is 6.08 Å². The van der Waals surface area contributed by atoms with Gasteiger partial charge < -0.3 is 9.72 Å². The molecule has 1 aromatic heterocycles. The summed E-state index contributed by atoms with van der Waals surface area (Å²) in [5, 5.41) is 1.28. The molecule has 2 aromatic rings. The lowest BCUT2D eigenvalue weighted by Gasteiger charge is -2.12. The highest BCUT2D eigenvalue weighted by atomic mass is 35.5. The summed E-state index contributed by atoms with van der Waals surface area (Å²) in [4.78, 5) is 15.4. The summed E-state index contributed by atoms with van der Waals surface area (Å²) in [5.41, 5.74) is 2.02. The zero-order valence-electron chi connectivity index (χ0n) is 11.0. The van der Waals surface area contributed by atoms with Crippen LogP contribution in [0.3, 0.4) is 0 Å². The summed E-state index contributed by atoms with van der Waals surface area (Å²) in [7, 11) is 0. The van der Waals surface area contributed by atoms with Gasteiger partial charge in [0, 0.05) is 21.5 Å². The van der Waals surface area contributed by atoms with E-state index in [4.69, 9.17) is 28.6 Å². The highest BCUT2D eigenvalue weighted by Gasteiger charge is 2.18. The number of aromatic amines is 1. The number of carbonyl (C=O) groups excluding carboxylic acids is 1. The van der Waals surface area contributed by atoms with Crippen molar-refractivity contribution >= 4 is 40.7 Å². The Balaban J connectivity index is 2.75. The minimum atomic E-state index is -0.408. The lowest BCUT2D eigenvalue weighted by molar-refractivity contribution is 0.0550. The Bertz CT molecular complexity index is 736. The van der Waals surface area contributed by atoms with Gasteiger partial charge in [0.2, 0.25) is 0 Å². The monoisotopic (exact) mass is 307 g/mol. The number of hydrogen-bond acceptors (Lipinski definition) is 3. The van der Waals surface area contributed by atoms with Gasteiger partial charge in [0.05, 0.1) is 5.56 Å². The molecular weight excluding hydrogens is 294 g/mol. The first-order valence-corrected chi connectivity index (χ1v) is 6.99. The van der Waals surface area contributed by atoms with Crippen molar-refractivity contribution in [2.24, 2.45) is 0 Å². The van der Waals surface area contributed by atoms with Gasteiger partial charge in [0.25, 0.3) is 0 Å². The van der Waals surface area contributed by atoms with Crippen molar-refractivity contribution in [1.82, 2.24) is 4.98 Å². The molecule has 0 amide bonds. The fourth-order valence-electron chi connectivity index (χ4n) is 2.08. The average molecular weight is 308 g/mol. The van der Waals surface area contributed by atoms with Gasteiger partial charge >= 0.3 is 5.97 Å². The third-order valence-corrected chi connectivity index (χ3v) is 3.55. The lowest BCUT2D eigenvalue weighted by Crippen LogP contribution is -2.10. The van der Waals surface area contributed by atoms with Gasteiger partial charge in [-0.05, 0) is 24.6 Å². The van der Waals surface area contributed by atoms with Crippen molar-refractivity contribution < 1.29 is 9.53 Å². The maximum atomic E-state index is 12.3. The van der Waals surface area contributed by atoms with Crippen molar-refractivity contribution in [1.29, 1.82) is 0 Å². The molecule has 0 saturated heterocycles. The normalized spacial score (nSPS) is 10.5. The molecule has 1 N–H and O–H groups in total. The molecule has 0 aliphatic heterocycles. The summed E-state index contributed by atoms with van der Waals surface area (Å²) in [6.45, 7) is 5.64. The molecule has 0 aliphatic rings. The Kier molecular flexibility index (Phi) is 4.57. The van der Waals surface area contributed by atoms with Gasteiger partial charge in [-0.2, -0.15) is 0 Å². The van der Waals surface area contributed by atoms with E-state index in [0.717, 1.165) is 16.5 Å². The number of aromatic nitrogens is 1. The van der Waals surface area contributed by atoms with Crippen LogP contribution in [0.5, 0.6) is 0 Å². The molecule has 3 nitrogen and oxygen atoms in total. The third kappa shape index (κ3) is 2.76. The largest absolute Gasteiger partial charge is 0.458 e. The molecule has 20 heavy (non-hydrogen) atoms. The van der Waals surface area contributed by atoms with Crippen LogP contribution in [0.15, 0.2) is 30.9 Å². The zero-order chi connectivity index (χ0) is 14.7. The van der Waals surface area contributed by atoms with Gasteiger partial charge in [-0.25, -0.2) is 4.79 Å². The van der Waals surface area contributed by atoms with E-state index in [1.807, 2.05) is 6.92 Å². The van der Waals surface area contributed by atoms with E-state index in [9.17, 15) is 4.79 Å². The molecule has 0 atom stereocenters. The van der Waals surface area contributed by atoms with Crippen molar-refractivity contribution in [2.75, 3.05) is 6.61 Å². The number of carbonyl (C=O) groups is 1. The Hall–Kier alpha value is -1.65. The van der Waals surface area contributed by atoms with Gasteiger partial charge in [-0.3, -0.25) is 0 Å². The summed E-state index contributed by atoms with van der Waals surface area (Å²) >= 11 is 11.3. The Morgan fingerprint density at radius 3 is 2.95 bits per heavy atom. The first-order chi connectivity index (χ1) is 9.58. The van der Waals surface area contributed by atoms with Crippen molar-refractivity contribution in [3.8, 4) is 0 Å². The summed E-state index contributed by atoms with van der Waals surface area (Å²) < 4.78 is 5.71. The van der Waals surface area contributed by atoms with Crippen LogP contribution >= 0.6 is 23.8 Å².